The van der Waals surface area contributed by atoms with Crippen LogP contribution in [0.1, 0.15) is 38.8 Å². The van der Waals surface area contributed by atoms with Crippen molar-refractivity contribution >= 4 is 11.7 Å². The van der Waals surface area contributed by atoms with Crippen LogP contribution in [0.5, 0.6) is 0 Å². The molecule has 0 unspecified atom stereocenters. The molecular weight excluding hydrogens is 398 g/mol. The first-order valence-electron chi connectivity index (χ1n) is 11.1. The fourth-order valence-corrected chi connectivity index (χ4v) is 4.00. The summed E-state index contributed by atoms with van der Waals surface area (Å²) in [5.41, 5.74) is 5.70. The van der Waals surface area contributed by atoms with Crippen molar-refractivity contribution in [1.29, 1.82) is 0 Å². The Balaban J connectivity index is 1.42. The SMILES string of the molecule is CC(=O)c1cccc(C(=O)NCc2cccc(-c3cccc(CN4CCNCC4)c3)c2)c1. The average molecular weight is 428 g/mol. The van der Waals surface area contributed by atoms with Crippen molar-refractivity contribution in [3.8, 4) is 11.1 Å². The molecule has 4 rings (SSSR count). The molecule has 0 saturated carbocycles. The highest BCUT2D eigenvalue weighted by molar-refractivity contribution is 5.99. The van der Waals surface area contributed by atoms with Gasteiger partial charge in [-0.15, -0.1) is 0 Å². The summed E-state index contributed by atoms with van der Waals surface area (Å²) in [4.78, 5) is 26.6. The van der Waals surface area contributed by atoms with Crippen molar-refractivity contribution in [2.24, 2.45) is 0 Å². The number of ketones is 1. The highest BCUT2D eigenvalue weighted by Gasteiger charge is 2.11. The van der Waals surface area contributed by atoms with Crippen molar-refractivity contribution in [3.63, 3.8) is 0 Å². The minimum Gasteiger partial charge on any atom is -0.348 e. The molecule has 3 aromatic carbocycles. The average Bonchev–Trinajstić information content (AvgIpc) is 2.83. The lowest BCUT2D eigenvalue weighted by Crippen LogP contribution is -2.42. The molecule has 0 radical (unpaired) electrons. The Morgan fingerprint density at radius 1 is 0.844 bits per heavy atom. The summed E-state index contributed by atoms with van der Waals surface area (Å²) in [7, 11) is 0. The summed E-state index contributed by atoms with van der Waals surface area (Å²) in [5, 5.41) is 6.36. The number of carbonyl (C=O) groups excluding carboxylic acids is 2. The number of benzene rings is 3. The van der Waals surface area contributed by atoms with E-state index in [4.69, 9.17) is 0 Å². The number of amides is 1. The summed E-state index contributed by atoms with van der Waals surface area (Å²) in [6.45, 7) is 7.14. The molecule has 5 nitrogen and oxygen atoms in total. The van der Waals surface area contributed by atoms with Gasteiger partial charge in [-0.05, 0) is 53.4 Å². The molecule has 1 fully saturated rings. The topological polar surface area (TPSA) is 61.4 Å². The Bertz CT molecular complexity index is 1100. The molecule has 32 heavy (non-hydrogen) atoms. The molecule has 164 valence electrons. The van der Waals surface area contributed by atoms with E-state index < -0.39 is 0 Å². The zero-order valence-corrected chi connectivity index (χ0v) is 18.4. The van der Waals surface area contributed by atoms with Crippen molar-refractivity contribution in [1.82, 2.24) is 15.5 Å². The molecule has 3 aromatic rings. The van der Waals surface area contributed by atoms with Gasteiger partial charge in [0.25, 0.3) is 5.91 Å². The fourth-order valence-electron chi connectivity index (χ4n) is 4.00. The molecule has 0 atom stereocenters. The van der Waals surface area contributed by atoms with Crippen molar-refractivity contribution in [2.45, 2.75) is 20.0 Å². The van der Waals surface area contributed by atoms with E-state index in [1.54, 1.807) is 24.3 Å². The van der Waals surface area contributed by atoms with Crippen LogP contribution in [0.25, 0.3) is 11.1 Å². The monoisotopic (exact) mass is 427 g/mol. The first-order valence-corrected chi connectivity index (χ1v) is 11.1. The van der Waals surface area contributed by atoms with Gasteiger partial charge < -0.3 is 10.6 Å². The normalized spacial score (nSPS) is 14.2. The van der Waals surface area contributed by atoms with E-state index in [0.717, 1.165) is 43.9 Å². The lowest BCUT2D eigenvalue weighted by molar-refractivity contribution is 0.0951. The third-order valence-corrected chi connectivity index (χ3v) is 5.79. The zero-order chi connectivity index (χ0) is 22.3. The van der Waals surface area contributed by atoms with E-state index in [-0.39, 0.29) is 11.7 Å². The van der Waals surface area contributed by atoms with Crippen LogP contribution >= 0.6 is 0 Å². The minimum atomic E-state index is -0.184. The van der Waals surface area contributed by atoms with Crippen LogP contribution in [-0.4, -0.2) is 42.8 Å². The Labute approximate surface area is 189 Å². The summed E-state index contributed by atoms with van der Waals surface area (Å²) in [5.74, 6) is -0.233. The summed E-state index contributed by atoms with van der Waals surface area (Å²) in [6.07, 6.45) is 0. The first-order chi connectivity index (χ1) is 15.6. The van der Waals surface area contributed by atoms with Gasteiger partial charge in [0.05, 0.1) is 0 Å². The van der Waals surface area contributed by atoms with Crippen molar-refractivity contribution in [3.05, 3.63) is 95.1 Å². The molecule has 0 aromatic heterocycles. The molecule has 0 bridgehead atoms. The number of rotatable bonds is 7. The second kappa shape index (κ2) is 10.4. The van der Waals surface area contributed by atoms with Crippen molar-refractivity contribution < 1.29 is 9.59 Å². The Kier molecular flexibility index (Phi) is 7.10. The number of Topliss-reactive ketones (excluding diaryl/α,β-unsaturated/α-hetero) is 1. The molecule has 1 amide bonds. The number of nitrogens with zero attached hydrogens (tertiary/aromatic N) is 1. The van der Waals surface area contributed by atoms with Gasteiger partial charge in [-0.1, -0.05) is 48.5 Å². The van der Waals surface area contributed by atoms with Crippen LogP contribution in [0.15, 0.2) is 72.8 Å². The molecule has 5 heteroatoms. The predicted octanol–water partition coefficient (Wildman–Crippen LogP) is 3.89. The van der Waals surface area contributed by atoms with Gasteiger partial charge in [0.15, 0.2) is 5.78 Å². The van der Waals surface area contributed by atoms with Gasteiger partial charge in [-0.2, -0.15) is 0 Å². The van der Waals surface area contributed by atoms with Crippen LogP contribution in [0.3, 0.4) is 0 Å². The van der Waals surface area contributed by atoms with E-state index >= 15 is 0 Å². The molecule has 1 saturated heterocycles. The van der Waals surface area contributed by atoms with E-state index in [0.29, 0.717) is 17.7 Å². The largest absolute Gasteiger partial charge is 0.348 e. The van der Waals surface area contributed by atoms with E-state index in [2.05, 4.69) is 51.9 Å². The summed E-state index contributed by atoms with van der Waals surface area (Å²) >= 11 is 0. The predicted molar refractivity (Wildman–Crippen MR) is 128 cm³/mol. The van der Waals surface area contributed by atoms with Crippen LogP contribution in [0, 0.1) is 0 Å². The smallest absolute Gasteiger partial charge is 0.251 e. The third-order valence-electron chi connectivity index (χ3n) is 5.79. The standard InChI is InChI=1S/C27H29N3O2/c1-20(31)23-7-4-10-26(17-23)27(32)29-18-21-5-2-8-24(15-21)25-9-3-6-22(16-25)19-30-13-11-28-12-14-30/h2-10,15-17,28H,11-14,18-19H2,1H3,(H,29,32). The van der Waals surface area contributed by atoms with E-state index in [1.165, 1.54) is 18.1 Å². The quantitative estimate of drug-likeness (QED) is 0.562. The van der Waals surface area contributed by atoms with Gasteiger partial charge in [0.2, 0.25) is 0 Å². The van der Waals surface area contributed by atoms with Crippen LogP contribution in [0.4, 0.5) is 0 Å². The molecule has 2 N–H and O–H groups in total. The molecule has 1 heterocycles. The van der Waals surface area contributed by atoms with Crippen LogP contribution in [-0.2, 0) is 13.1 Å². The fraction of sp³-hybridized carbons (Fsp3) is 0.259. The summed E-state index contributed by atoms with van der Waals surface area (Å²) in [6, 6.07) is 23.8. The second-order valence-electron chi connectivity index (χ2n) is 8.25. The Morgan fingerprint density at radius 3 is 2.19 bits per heavy atom. The molecule has 1 aliphatic rings. The maximum atomic E-state index is 12.6. The van der Waals surface area contributed by atoms with Gasteiger partial charge in [-0.25, -0.2) is 0 Å². The molecular formula is C27H29N3O2. The lowest BCUT2D eigenvalue weighted by atomic mass is 10.0. The number of carbonyl (C=O) groups is 2. The van der Waals surface area contributed by atoms with Crippen molar-refractivity contribution in [2.75, 3.05) is 26.2 Å². The van der Waals surface area contributed by atoms with Crippen LogP contribution in [0.2, 0.25) is 0 Å². The van der Waals surface area contributed by atoms with Crippen LogP contribution < -0.4 is 10.6 Å². The number of piperazine rings is 1. The van der Waals surface area contributed by atoms with Gasteiger partial charge >= 0.3 is 0 Å². The van der Waals surface area contributed by atoms with E-state index in [9.17, 15) is 9.59 Å². The highest BCUT2D eigenvalue weighted by Crippen LogP contribution is 2.22. The minimum absolute atomic E-state index is 0.0495. The van der Waals surface area contributed by atoms with Gasteiger partial charge in [0.1, 0.15) is 0 Å². The highest BCUT2D eigenvalue weighted by atomic mass is 16.1. The van der Waals surface area contributed by atoms with E-state index in [1.807, 2.05) is 12.1 Å². The first kappa shape index (κ1) is 21.9. The maximum absolute atomic E-state index is 12.6. The number of hydrogen-bond acceptors (Lipinski definition) is 4. The van der Waals surface area contributed by atoms with Gasteiger partial charge in [0, 0.05) is 50.4 Å². The third kappa shape index (κ3) is 5.69. The molecule has 0 spiro atoms. The molecule has 1 aliphatic heterocycles. The lowest BCUT2D eigenvalue weighted by Gasteiger charge is -2.27. The second-order valence-corrected chi connectivity index (χ2v) is 8.25. The maximum Gasteiger partial charge on any atom is 0.251 e. The number of nitrogens with one attached hydrogen (secondary N) is 2. The molecule has 0 aliphatic carbocycles. The summed E-state index contributed by atoms with van der Waals surface area (Å²) < 4.78 is 0. The number of hydrogen-bond donors (Lipinski definition) is 2. The Morgan fingerprint density at radius 2 is 1.47 bits per heavy atom. The Hall–Kier alpha value is -3.28. The zero-order valence-electron chi connectivity index (χ0n) is 18.4. The van der Waals surface area contributed by atoms with Gasteiger partial charge in [-0.3, -0.25) is 14.5 Å².